The van der Waals surface area contributed by atoms with Crippen molar-refractivity contribution in [2.45, 2.75) is 6.55 Å². The third-order valence-electron chi connectivity index (χ3n) is 7.41. The average Bonchev–Trinajstić information content (AvgIpc) is 3.21. The molecule has 0 N–H and O–H groups in total. The molecule has 0 aliphatic heterocycles. The maximum atomic E-state index is 2.47. The molecular weight excluding hydrogens is 426 g/mol. The molecule has 0 aliphatic rings. The number of benzene rings is 5. The molecule has 6 rings (SSSR count). The van der Waals surface area contributed by atoms with E-state index in [2.05, 4.69) is 146 Å². The van der Waals surface area contributed by atoms with Crippen molar-refractivity contribution >= 4 is 45.4 Å². The van der Waals surface area contributed by atoms with Gasteiger partial charge in [0.2, 0.25) is 0 Å². The van der Waals surface area contributed by atoms with Crippen LogP contribution in [0, 0.1) is 0 Å². The van der Waals surface area contributed by atoms with Gasteiger partial charge in [-0.1, -0.05) is 122 Å². The van der Waals surface area contributed by atoms with Crippen molar-refractivity contribution in [3.05, 3.63) is 127 Å². The number of rotatable bonds is 4. The summed E-state index contributed by atoms with van der Waals surface area (Å²) in [6.45, 7) is 2.47. The first-order chi connectivity index (χ1) is 16.7. The molecule has 0 atom stereocenters. The first-order valence-electron chi connectivity index (χ1n) is 11.9. The summed E-state index contributed by atoms with van der Waals surface area (Å²) in [6.07, 6.45) is 0. The molecule has 34 heavy (non-hydrogen) atoms. The molecule has 0 amide bonds. The lowest BCUT2D eigenvalue weighted by Crippen LogP contribution is -2.64. The summed E-state index contributed by atoms with van der Waals surface area (Å²) >= 11 is 0. The molecule has 1 heterocycles. The number of nitrogens with zero attached hydrogens (tertiary/aromatic N) is 1. The number of fused-ring (bicyclic) bond motifs is 3. The fourth-order valence-electron chi connectivity index (χ4n) is 5.38. The molecule has 0 bridgehead atoms. The van der Waals surface area contributed by atoms with E-state index in [0.717, 1.165) is 0 Å². The zero-order valence-electron chi connectivity index (χ0n) is 19.6. The van der Waals surface area contributed by atoms with Crippen molar-refractivity contribution in [2.75, 3.05) is 0 Å². The van der Waals surface area contributed by atoms with E-state index in [1.54, 1.807) is 0 Å². The maximum absolute atomic E-state index is 2.47. The summed E-state index contributed by atoms with van der Waals surface area (Å²) in [5, 5.41) is 6.93. The second kappa shape index (κ2) is 8.16. The van der Waals surface area contributed by atoms with Crippen LogP contribution >= 0.6 is 0 Å². The van der Waals surface area contributed by atoms with Crippen molar-refractivity contribution in [3.8, 4) is 11.1 Å². The Hall–Kier alpha value is -3.88. The highest BCUT2D eigenvalue weighted by Gasteiger charge is 2.33. The predicted octanol–water partition coefficient (Wildman–Crippen LogP) is 6.10. The van der Waals surface area contributed by atoms with E-state index in [9.17, 15) is 0 Å². The van der Waals surface area contributed by atoms with Crippen LogP contribution in [0.3, 0.4) is 0 Å². The summed E-state index contributed by atoms with van der Waals surface area (Å²) < 4.78 is 2.30. The van der Waals surface area contributed by atoms with Crippen LogP contribution in [0.25, 0.3) is 32.9 Å². The fourth-order valence-corrected chi connectivity index (χ4v) is 8.93. The Morgan fingerprint density at radius 2 is 0.971 bits per heavy atom. The second-order valence-corrected chi connectivity index (χ2v) is 13.2. The Morgan fingerprint density at radius 3 is 1.62 bits per heavy atom. The molecule has 0 saturated carbocycles. The SMILES string of the molecule is Cn1c2ccccc2c2ccc(-c3ccc([Si](C)(c4ccccc4)c4ccccc4)cc3)cc21. The highest BCUT2D eigenvalue weighted by molar-refractivity contribution is 7.10. The monoisotopic (exact) mass is 453 g/mol. The molecular formula is C32H27NSi. The van der Waals surface area contributed by atoms with Crippen molar-refractivity contribution in [1.82, 2.24) is 4.57 Å². The first-order valence-corrected chi connectivity index (χ1v) is 14.4. The Bertz CT molecular complexity index is 1560. The van der Waals surface area contributed by atoms with E-state index < -0.39 is 8.07 Å². The molecule has 0 fully saturated rings. The van der Waals surface area contributed by atoms with Gasteiger partial charge in [0.05, 0.1) is 0 Å². The second-order valence-electron chi connectivity index (χ2n) is 9.24. The van der Waals surface area contributed by atoms with Gasteiger partial charge in [0.25, 0.3) is 0 Å². The van der Waals surface area contributed by atoms with Gasteiger partial charge >= 0.3 is 0 Å². The molecule has 0 unspecified atom stereocenters. The van der Waals surface area contributed by atoms with Crippen molar-refractivity contribution in [2.24, 2.45) is 7.05 Å². The van der Waals surface area contributed by atoms with E-state index in [1.165, 1.54) is 48.5 Å². The Labute approximate surface area is 201 Å². The number of para-hydroxylation sites is 1. The minimum atomic E-state index is -2.08. The highest BCUT2D eigenvalue weighted by Crippen LogP contribution is 2.31. The Kier molecular flexibility index (Phi) is 4.97. The molecule has 1 aromatic heterocycles. The van der Waals surface area contributed by atoms with Crippen LogP contribution in [0.5, 0.6) is 0 Å². The molecule has 164 valence electrons. The van der Waals surface area contributed by atoms with Crippen molar-refractivity contribution < 1.29 is 0 Å². The summed E-state index contributed by atoms with van der Waals surface area (Å²) in [6, 6.07) is 46.9. The number of hydrogen-bond acceptors (Lipinski definition) is 0. The minimum absolute atomic E-state index is 1.26. The highest BCUT2D eigenvalue weighted by atomic mass is 28.3. The van der Waals surface area contributed by atoms with Gasteiger partial charge in [0, 0.05) is 28.9 Å². The normalized spacial score (nSPS) is 11.8. The van der Waals surface area contributed by atoms with E-state index in [1.807, 2.05) is 0 Å². The van der Waals surface area contributed by atoms with Crippen molar-refractivity contribution in [3.63, 3.8) is 0 Å². The fraction of sp³-hybridized carbons (Fsp3) is 0.0625. The van der Waals surface area contributed by atoms with Crippen LogP contribution in [0.15, 0.2) is 127 Å². The van der Waals surface area contributed by atoms with Gasteiger partial charge in [-0.25, -0.2) is 0 Å². The molecule has 0 spiro atoms. The molecule has 5 aromatic carbocycles. The van der Waals surface area contributed by atoms with Crippen molar-refractivity contribution in [1.29, 1.82) is 0 Å². The molecule has 0 aliphatic carbocycles. The van der Waals surface area contributed by atoms with Crippen LogP contribution in [-0.2, 0) is 7.05 Å². The van der Waals surface area contributed by atoms with E-state index in [-0.39, 0.29) is 0 Å². The smallest absolute Gasteiger partial charge is 0.145 e. The molecule has 0 radical (unpaired) electrons. The topological polar surface area (TPSA) is 4.93 Å². The quantitative estimate of drug-likeness (QED) is 0.225. The van der Waals surface area contributed by atoms with E-state index >= 15 is 0 Å². The van der Waals surface area contributed by atoms with E-state index in [0.29, 0.717) is 0 Å². The van der Waals surface area contributed by atoms with Crippen LogP contribution in [0.4, 0.5) is 0 Å². The third kappa shape index (κ3) is 3.22. The van der Waals surface area contributed by atoms with Crippen LogP contribution in [-0.4, -0.2) is 12.6 Å². The van der Waals surface area contributed by atoms with Gasteiger partial charge < -0.3 is 4.57 Å². The summed E-state index contributed by atoms with van der Waals surface area (Å²) in [5.41, 5.74) is 5.06. The summed E-state index contributed by atoms with van der Waals surface area (Å²) in [7, 11) is 0.0804. The largest absolute Gasteiger partial charge is 0.344 e. The van der Waals surface area contributed by atoms with Gasteiger partial charge in [0.1, 0.15) is 8.07 Å². The Morgan fingerprint density at radius 1 is 0.471 bits per heavy atom. The summed E-state index contributed by atoms with van der Waals surface area (Å²) in [4.78, 5) is 0. The van der Waals surface area contributed by atoms with Crippen LogP contribution in [0.2, 0.25) is 6.55 Å². The lowest BCUT2D eigenvalue weighted by atomic mass is 10.0. The zero-order valence-corrected chi connectivity index (χ0v) is 20.6. The lowest BCUT2D eigenvalue weighted by Gasteiger charge is -2.29. The van der Waals surface area contributed by atoms with Crippen LogP contribution < -0.4 is 15.6 Å². The molecule has 6 aromatic rings. The van der Waals surface area contributed by atoms with Gasteiger partial charge in [-0.3, -0.25) is 0 Å². The average molecular weight is 454 g/mol. The van der Waals surface area contributed by atoms with Gasteiger partial charge in [-0.15, -0.1) is 0 Å². The van der Waals surface area contributed by atoms with Crippen LogP contribution in [0.1, 0.15) is 0 Å². The molecule has 0 saturated heterocycles. The first kappa shape index (κ1) is 20.7. The lowest BCUT2D eigenvalue weighted by molar-refractivity contribution is 1.01. The number of aromatic nitrogens is 1. The third-order valence-corrected chi connectivity index (χ3v) is 11.9. The Balaban J connectivity index is 1.45. The van der Waals surface area contributed by atoms with E-state index in [4.69, 9.17) is 0 Å². The standard InChI is InChI=1S/C32H27NSi/c1-33-31-16-10-9-15-29(31)30-22-19-25(23-32(30)33)24-17-20-28(21-18-24)34(2,26-11-5-3-6-12-26)27-13-7-4-8-14-27/h3-23H,1-2H3. The van der Waals surface area contributed by atoms with Gasteiger partial charge in [0.15, 0.2) is 0 Å². The number of hydrogen-bond donors (Lipinski definition) is 0. The maximum Gasteiger partial charge on any atom is 0.145 e. The minimum Gasteiger partial charge on any atom is -0.344 e. The molecule has 2 heteroatoms. The van der Waals surface area contributed by atoms with Gasteiger partial charge in [-0.05, 0) is 38.8 Å². The zero-order chi connectivity index (χ0) is 23.1. The number of aryl methyl sites for hydroxylation is 1. The summed E-state index contributed by atoms with van der Waals surface area (Å²) in [5.74, 6) is 0. The predicted molar refractivity (Wildman–Crippen MR) is 149 cm³/mol. The molecule has 1 nitrogen and oxygen atoms in total. The van der Waals surface area contributed by atoms with Gasteiger partial charge in [-0.2, -0.15) is 0 Å².